The average molecular weight is 235 g/mol. The third-order valence-corrected chi connectivity index (χ3v) is 3.18. The van der Waals surface area contributed by atoms with Crippen molar-refractivity contribution in [1.82, 2.24) is 0 Å². The summed E-state index contributed by atoms with van der Waals surface area (Å²) in [4.78, 5) is 0. The molecule has 1 rings (SSSR count). The molecular formula is C15H25NO. The fourth-order valence-electron chi connectivity index (χ4n) is 2.01. The Kier molecular flexibility index (Phi) is 6.06. The molecule has 1 aromatic carbocycles. The van der Waals surface area contributed by atoms with Crippen molar-refractivity contribution in [1.29, 1.82) is 0 Å². The molecule has 0 aromatic heterocycles. The largest absolute Gasteiger partial charge is 0.494 e. The minimum atomic E-state index is 0.113. The van der Waals surface area contributed by atoms with Gasteiger partial charge in [-0.2, -0.15) is 0 Å². The molecule has 96 valence electrons. The maximum atomic E-state index is 6.29. The Morgan fingerprint density at radius 3 is 2.71 bits per heavy atom. The van der Waals surface area contributed by atoms with E-state index in [1.807, 2.05) is 19.1 Å². The second-order valence-electron chi connectivity index (χ2n) is 4.65. The van der Waals surface area contributed by atoms with E-state index in [-0.39, 0.29) is 6.04 Å². The molecule has 0 aliphatic heterocycles. The van der Waals surface area contributed by atoms with Crippen LogP contribution in [0, 0.1) is 5.92 Å². The molecule has 0 amide bonds. The van der Waals surface area contributed by atoms with E-state index >= 15 is 0 Å². The summed E-state index contributed by atoms with van der Waals surface area (Å²) in [7, 11) is 0. The van der Waals surface area contributed by atoms with Gasteiger partial charge in [-0.3, -0.25) is 0 Å². The first kappa shape index (κ1) is 14.0. The van der Waals surface area contributed by atoms with E-state index in [2.05, 4.69) is 26.0 Å². The lowest BCUT2D eigenvalue weighted by molar-refractivity contribution is 0.338. The van der Waals surface area contributed by atoms with Gasteiger partial charge >= 0.3 is 0 Å². The number of hydrogen-bond donors (Lipinski definition) is 1. The number of ether oxygens (including phenoxy) is 1. The molecule has 0 fully saturated rings. The summed E-state index contributed by atoms with van der Waals surface area (Å²) in [6.45, 7) is 7.14. The van der Waals surface area contributed by atoms with Crippen LogP contribution >= 0.6 is 0 Å². The third-order valence-electron chi connectivity index (χ3n) is 3.18. The van der Waals surface area contributed by atoms with Gasteiger partial charge in [0.2, 0.25) is 0 Å². The number of rotatable bonds is 7. The van der Waals surface area contributed by atoms with Crippen molar-refractivity contribution in [2.75, 3.05) is 6.61 Å². The summed E-state index contributed by atoms with van der Waals surface area (Å²) in [5.74, 6) is 1.44. The highest BCUT2D eigenvalue weighted by Gasteiger charge is 2.14. The Balaban J connectivity index is 2.66. The van der Waals surface area contributed by atoms with Gasteiger partial charge in [-0.15, -0.1) is 0 Å². The average Bonchev–Trinajstić information content (AvgIpc) is 2.35. The third kappa shape index (κ3) is 4.39. The highest BCUT2D eigenvalue weighted by atomic mass is 16.5. The minimum Gasteiger partial charge on any atom is -0.494 e. The first-order valence-corrected chi connectivity index (χ1v) is 6.67. The second kappa shape index (κ2) is 7.33. The van der Waals surface area contributed by atoms with Crippen LogP contribution in [0.2, 0.25) is 0 Å². The molecule has 0 aliphatic carbocycles. The fourth-order valence-corrected chi connectivity index (χ4v) is 2.01. The van der Waals surface area contributed by atoms with Gasteiger partial charge in [0, 0.05) is 6.04 Å². The van der Waals surface area contributed by atoms with Gasteiger partial charge in [-0.25, -0.2) is 0 Å². The molecule has 0 spiro atoms. The van der Waals surface area contributed by atoms with Crippen LogP contribution < -0.4 is 10.5 Å². The highest BCUT2D eigenvalue weighted by Crippen LogP contribution is 2.26. The molecule has 1 aromatic rings. The monoisotopic (exact) mass is 235 g/mol. The van der Waals surface area contributed by atoms with Crippen molar-refractivity contribution >= 4 is 0 Å². The number of unbranched alkanes of at least 4 members (excludes halogenated alkanes) is 1. The van der Waals surface area contributed by atoms with Gasteiger partial charge in [0.05, 0.1) is 6.61 Å². The van der Waals surface area contributed by atoms with E-state index in [0.717, 1.165) is 5.75 Å². The first-order chi connectivity index (χ1) is 8.19. The standard InChI is InChI=1S/C15H25NO/c1-4-6-8-12(3)15(16)13-9-7-10-14(11-13)17-5-2/h7,9-12,15H,4-6,8,16H2,1-3H3. The second-order valence-corrected chi connectivity index (χ2v) is 4.65. The Morgan fingerprint density at radius 2 is 2.06 bits per heavy atom. The van der Waals surface area contributed by atoms with Crippen LogP contribution in [-0.2, 0) is 0 Å². The summed E-state index contributed by atoms with van der Waals surface area (Å²) in [5, 5.41) is 0. The molecule has 17 heavy (non-hydrogen) atoms. The highest BCUT2D eigenvalue weighted by molar-refractivity contribution is 5.30. The van der Waals surface area contributed by atoms with Gasteiger partial charge in [-0.1, -0.05) is 38.8 Å². The molecular weight excluding hydrogens is 210 g/mol. The molecule has 2 heteroatoms. The molecule has 0 saturated carbocycles. The quantitative estimate of drug-likeness (QED) is 0.777. The van der Waals surface area contributed by atoms with Crippen LogP contribution in [0.15, 0.2) is 24.3 Å². The van der Waals surface area contributed by atoms with Crippen LogP contribution in [0.4, 0.5) is 0 Å². The SMILES string of the molecule is CCCCC(C)C(N)c1cccc(OCC)c1. The summed E-state index contributed by atoms with van der Waals surface area (Å²) >= 11 is 0. The van der Waals surface area contributed by atoms with Crippen LogP contribution in [0.3, 0.4) is 0 Å². The van der Waals surface area contributed by atoms with E-state index in [1.54, 1.807) is 0 Å². The maximum Gasteiger partial charge on any atom is 0.119 e. The predicted molar refractivity (Wildman–Crippen MR) is 73.2 cm³/mol. The lowest BCUT2D eigenvalue weighted by Crippen LogP contribution is -2.19. The summed E-state index contributed by atoms with van der Waals surface area (Å²) < 4.78 is 5.50. The van der Waals surface area contributed by atoms with Crippen LogP contribution in [0.1, 0.15) is 51.6 Å². The fraction of sp³-hybridized carbons (Fsp3) is 0.600. The summed E-state index contributed by atoms with van der Waals surface area (Å²) in [6, 6.07) is 8.28. The minimum absolute atomic E-state index is 0.113. The Bertz CT molecular complexity index is 324. The lowest BCUT2D eigenvalue weighted by atomic mass is 9.91. The topological polar surface area (TPSA) is 35.2 Å². The Hall–Kier alpha value is -1.02. The molecule has 2 nitrogen and oxygen atoms in total. The van der Waals surface area contributed by atoms with Crippen molar-refractivity contribution in [2.24, 2.45) is 11.7 Å². The molecule has 0 aliphatic rings. The molecule has 2 atom stereocenters. The molecule has 2 N–H and O–H groups in total. The van der Waals surface area contributed by atoms with Gasteiger partial charge in [0.1, 0.15) is 5.75 Å². The molecule has 0 heterocycles. The number of nitrogens with two attached hydrogens (primary N) is 1. The van der Waals surface area contributed by atoms with Crippen molar-refractivity contribution in [2.45, 2.75) is 46.1 Å². The lowest BCUT2D eigenvalue weighted by Gasteiger charge is -2.20. The predicted octanol–water partition coefficient (Wildman–Crippen LogP) is 3.91. The molecule has 2 unspecified atom stereocenters. The Morgan fingerprint density at radius 1 is 1.29 bits per heavy atom. The first-order valence-electron chi connectivity index (χ1n) is 6.67. The number of benzene rings is 1. The van der Waals surface area contributed by atoms with E-state index in [4.69, 9.17) is 10.5 Å². The van der Waals surface area contributed by atoms with E-state index in [0.29, 0.717) is 12.5 Å². The molecule has 0 radical (unpaired) electrons. The zero-order valence-corrected chi connectivity index (χ0v) is 11.3. The smallest absolute Gasteiger partial charge is 0.119 e. The number of hydrogen-bond acceptors (Lipinski definition) is 2. The van der Waals surface area contributed by atoms with Crippen LogP contribution in [0.25, 0.3) is 0 Å². The van der Waals surface area contributed by atoms with Crippen molar-refractivity contribution < 1.29 is 4.74 Å². The van der Waals surface area contributed by atoms with Crippen molar-refractivity contribution in [3.05, 3.63) is 29.8 Å². The Labute approximate surface area is 105 Å². The maximum absolute atomic E-state index is 6.29. The van der Waals surface area contributed by atoms with E-state index < -0.39 is 0 Å². The summed E-state index contributed by atoms with van der Waals surface area (Å²) in [6.07, 6.45) is 3.67. The van der Waals surface area contributed by atoms with Crippen molar-refractivity contribution in [3.8, 4) is 5.75 Å². The normalized spacial score (nSPS) is 14.4. The van der Waals surface area contributed by atoms with Gasteiger partial charge in [0.25, 0.3) is 0 Å². The summed E-state index contributed by atoms with van der Waals surface area (Å²) in [5.41, 5.74) is 7.47. The zero-order valence-electron chi connectivity index (χ0n) is 11.3. The molecule has 0 saturated heterocycles. The van der Waals surface area contributed by atoms with E-state index in [1.165, 1.54) is 24.8 Å². The van der Waals surface area contributed by atoms with Crippen LogP contribution in [-0.4, -0.2) is 6.61 Å². The van der Waals surface area contributed by atoms with Gasteiger partial charge in [0.15, 0.2) is 0 Å². The van der Waals surface area contributed by atoms with Gasteiger partial charge in [-0.05, 0) is 37.0 Å². The zero-order chi connectivity index (χ0) is 12.7. The van der Waals surface area contributed by atoms with Gasteiger partial charge < -0.3 is 10.5 Å². The van der Waals surface area contributed by atoms with E-state index in [9.17, 15) is 0 Å². The van der Waals surface area contributed by atoms with Crippen molar-refractivity contribution in [3.63, 3.8) is 0 Å². The van der Waals surface area contributed by atoms with Crippen LogP contribution in [0.5, 0.6) is 5.75 Å². The molecule has 0 bridgehead atoms.